The van der Waals surface area contributed by atoms with Crippen LogP contribution in [0.5, 0.6) is 0 Å². The molecule has 24 heteroatoms. The van der Waals surface area contributed by atoms with Gasteiger partial charge in [-0.05, 0) is 0 Å². The molecule has 0 N–H and O–H groups in total. The van der Waals surface area contributed by atoms with Gasteiger partial charge >= 0.3 is 110 Å². The average molecular weight is 515 g/mol. The summed E-state index contributed by atoms with van der Waals surface area (Å²) in [5.74, 6) is 0. The first-order valence-corrected chi connectivity index (χ1v) is 9.19. The van der Waals surface area contributed by atoms with E-state index >= 15 is 0 Å². The summed E-state index contributed by atoms with van der Waals surface area (Å²) in [4.78, 5) is 85.2. The smallest absolute Gasteiger partial charge is 0.672 e. The molecule has 0 fully saturated rings. The minimum Gasteiger partial charge on any atom is -0.672 e. The van der Waals surface area contributed by atoms with Crippen molar-refractivity contribution < 1.29 is 70.3 Å². The van der Waals surface area contributed by atoms with Crippen LogP contribution in [-0.2, 0) is 22.3 Å². The van der Waals surface area contributed by atoms with Crippen LogP contribution in [0.25, 0.3) is 0 Å². The van der Waals surface area contributed by atoms with Gasteiger partial charge in [0.05, 0.1) is 0 Å². The van der Waals surface area contributed by atoms with Gasteiger partial charge in [-0.1, -0.05) is 0 Å². The Labute approximate surface area is 223 Å². The van der Waals surface area contributed by atoms with E-state index < -0.39 is 45.9 Å². The second-order valence-corrected chi connectivity index (χ2v) is 3.75. The van der Waals surface area contributed by atoms with Crippen LogP contribution >= 0.6 is 0 Å². The molecule has 120 valence electrons. The largest absolute Gasteiger partial charge is 3.00 e. The second kappa shape index (κ2) is 49.7. The third-order valence-corrected chi connectivity index (χ3v) is 0. The molecule has 0 unspecified atom stereocenters. The minimum atomic E-state index is -3.63. The summed E-state index contributed by atoms with van der Waals surface area (Å²) in [6, 6.07) is 0. The number of hydrogen-bond donors (Lipinski definition) is 0. The number of rotatable bonds is 0. The molecule has 0 aromatic heterocycles. The van der Waals surface area contributed by atoms with Crippen LogP contribution in [0.15, 0.2) is 0 Å². The Balaban J connectivity index is -0.0000000161. The van der Waals surface area contributed by atoms with Crippen LogP contribution in [0, 0.1) is 0 Å². The summed E-state index contributed by atoms with van der Waals surface area (Å²) in [6.45, 7) is 0. The summed E-state index contributed by atoms with van der Waals surface area (Å²) in [5, 5.41) is 0. The molecule has 0 amide bonds. The molecule has 0 aliphatic heterocycles. The van der Waals surface area contributed by atoms with E-state index in [2.05, 4.69) is 0 Å². The zero-order valence-electron chi connectivity index (χ0n) is 11.2. The standard InChI is InChI=1S/2Al.2Ca.5O3Si/c;;;;5*1-4(2)3/q2*+3;2*+2;5*-2. The first-order valence-electron chi connectivity index (χ1n) is 3.06. The fourth-order valence-corrected chi connectivity index (χ4v) is 0. The summed E-state index contributed by atoms with van der Waals surface area (Å²) in [7, 11) is -18.1. The topological polar surface area (TPSA) is 316 Å². The van der Waals surface area contributed by atoms with Crippen molar-refractivity contribution in [1.29, 1.82) is 0 Å². The predicted octanol–water partition coefficient (Wildman–Crippen LogP) is -15.9. The first kappa shape index (κ1) is 56.2. The van der Waals surface area contributed by atoms with Gasteiger partial charge in [0.25, 0.3) is 0 Å². The molecule has 0 saturated heterocycles. The quantitative estimate of drug-likeness (QED) is 0.271. The van der Waals surface area contributed by atoms with Gasteiger partial charge in [0.2, 0.25) is 0 Å². The van der Waals surface area contributed by atoms with Crippen molar-refractivity contribution in [2.24, 2.45) is 0 Å². The van der Waals surface area contributed by atoms with Crippen molar-refractivity contribution in [2.75, 3.05) is 0 Å². The normalized spacial score (nSPS) is 5.00. The van der Waals surface area contributed by atoms with E-state index in [1.807, 2.05) is 0 Å². The third-order valence-electron chi connectivity index (χ3n) is 0. The second-order valence-electron chi connectivity index (χ2n) is 1.25. The molecule has 0 aromatic rings. The molecule has 24 heavy (non-hydrogen) atoms. The molecule has 0 bridgehead atoms. The van der Waals surface area contributed by atoms with Gasteiger partial charge in [0.15, 0.2) is 0 Å². The maximum atomic E-state index is 8.52. The van der Waals surface area contributed by atoms with Crippen molar-refractivity contribution in [3.63, 3.8) is 0 Å². The Hall–Kier alpha value is 1.67. The molecule has 0 heterocycles. The predicted molar refractivity (Wildman–Crippen MR) is 55.2 cm³/mol. The molecule has 0 aliphatic rings. The Kier molecular flexibility index (Phi) is 117. The molecule has 0 aliphatic carbocycles. The molecule has 0 spiro atoms. The summed E-state index contributed by atoms with van der Waals surface area (Å²) >= 11 is 0. The fourth-order valence-electron chi connectivity index (χ4n) is 0. The van der Waals surface area contributed by atoms with Gasteiger partial charge in [-0.3, -0.25) is 0 Å². The van der Waals surface area contributed by atoms with Gasteiger partial charge in [-0.15, -0.1) is 0 Å². The molecular formula is Al2Ca2O15Si5. The van der Waals surface area contributed by atoms with Crippen molar-refractivity contribution in [1.82, 2.24) is 0 Å². The number of hydrogen-bond acceptors (Lipinski definition) is 15. The first-order chi connectivity index (χ1) is 8.66. The van der Waals surface area contributed by atoms with E-state index in [0.29, 0.717) is 0 Å². The molecule has 15 nitrogen and oxygen atoms in total. The summed E-state index contributed by atoms with van der Waals surface area (Å²) < 4.78 is 42.6. The van der Waals surface area contributed by atoms with E-state index in [9.17, 15) is 0 Å². The average Bonchev–Trinajstić information content (AvgIpc) is 1.94. The van der Waals surface area contributed by atoms with Crippen LogP contribution in [0.1, 0.15) is 0 Å². The Morgan fingerprint density at radius 2 is 0.333 bits per heavy atom. The zero-order valence-corrected chi connectivity index (χ0v) is 22.9. The van der Waals surface area contributed by atoms with Crippen LogP contribution in [0.2, 0.25) is 0 Å². The van der Waals surface area contributed by atoms with Crippen molar-refractivity contribution >= 4 is 156 Å². The summed E-state index contributed by atoms with van der Waals surface area (Å²) in [5.41, 5.74) is 0. The van der Waals surface area contributed by atoms with Gasteiger partial charge in [0.1, 0.15) is 0 Å². The summed E-state index contributed by atoms with van der Waals surface area (Å²) in [6.07, 6.45) is 0. The monoisotopic (exact) mass is 514 g/mol. The van der Waals surface area contributed by atoms with Crippen molar-refractivity contribution in [3.05, 3.63) is 0 Å². The Morgan fingerprint density at radius 3 is 0.333 bits per heavy atom. The van der Waals surface area contributed by atoms with E-state index in [4.69, 9.17) is 70.3 Å². The van der Waals surface area contributed by atoms with E-state index in [0.717, 1.165) is 0 Å². The van der Waals surface area contributed by atoms with Gasteiger partial charge in [0, 0.05) is 45.9 Å². The van der Waals surface area contributed by atoms with Crippen LogP contribution < -0.4 is 48.0 Å². The minimum absolute atomic E-state index is 0. The zero-order chi connectivity index (χ0) is 17.9. The van der Waals surface area contributed by atoms with Crippen molar-refractivity contribution in [3.8, 4) is 0 Å². The van der Waals surface area contributed by atoms with E-state index in [-0.39, 0.29) is 110 Å². The van der Waals surface area contributed by atoms with E-state index in [1.165, 1.54) is 0 Å². The maximum Gasteiger partial charge on any atom is 3.00 e. The fraction of sp³-hybridized carbons (Fsp3) is 0. The molecule has 0 radical (unpaired) electrons. The molecular weight excluding hydrogens is 515 g/mol. The van der Waals surface area contributed by atoms with Crippen LogP contribution in [-0.4, -0.2) is 156 Å². The molecule has 0 saturated carbocycles. The van der Waals surface area contributed by atoms with Crippen molar-refractivity contribution in [2.45, 2.75) is 0 Å². The Morgan fingerprint density at radius 1 is 0.333 bits per heavy atom. The molecule has 0 aromatic carbocycles. The third kappa shape index (κ3) is 4370. The molecule has 0 atom stereocenters. The van der Waals surface area contributed by atoms with Gasteiger partial charge in [-0.2, -0.15) is 0 Å². The Bertz CT molecular complexity index is 221. The maximum absolute atomic E-state index is 8.52. The van der Waals surface area contributed by atoms with Crippen LogP contribution in [0.3, 0.4) is 0 Å². The van der Waals surface area contributed by atoms with Gasteiger partial charge < -0.3 is 70.3 Å². The van der Waals surface area contributed by atoms with Crippen LogP contribution in [0.4, 0.5) is 0 Å². The SMILES string of the molecule is O=[Si]([O-])[O-].O=[Si]([O-])[O-].O=[Si]([O-])[O-].O=[Si]([O-])[O-].O=[Si]([O-])[O-].[Al+3].[Al+3].[Ca+2].[Ca+2]. The molecule has 0 rings (SSSR count). The van der Waals surface area contributed by atoms with Gasteiger partial charge in [-0.25, -0.2) is 0 Å². The van der Waals surface area contributed by atoms with E-state index in [1.54, 1.807) is 0 Å².